The van der Waals surface area contributed by atoms with Gasteiger partial charge in [-0.15, -0.1) is 22.7 Å². The summed E-state index contributed by atoms with van der Waals surface area (Å²) in [6, 6.07) is 69.8. The Morgan fingerprint density at radius 2 is 1.18 bits per heavy atom. The van der Waals surface area contributed by atoms with Gasteiger partial charge in [0.2, 0.25) is 7.28 Å². The Balaban J connectivity index is 0.990. The largest absolute Gasteiger partial charge is 0.355 e. The first-order valence-electron chi connectivity index (χ1n) is 26.4. The van der Waals surface area contributed by atoms with E-state index >= 15 is 0 Å². The number of nitrogens with zero attached hydrogens (tertiary/aromatic N) is 1. The lowest BCUT2D eigenvalue weighted by Crippen LogP contribution is -2.35. The lowest BCUT2D eigenvalue weighted by Gasteiger charge is -2.26. The second kappa shape index (κ2) is 16.4. The highest BCUT2D eigenvalue weighted by atomic mass is 32.1. The molecule has 12 aromatic rings. The maximum Gasteiger partial charge on any atom is 0.211 e. The Hall–Kier alpha value is -7.18. The first-order chi connectivity index (χ1) is 35.7. The predicted octanol–water partition coefficient (Wildman–Crippen LogP) is 17.8. The van der Waals surface area contributed by atoms with Crippen molar-refractivity contribution in [2.75, 3.05) is 5.32 Å². The van der Waals surface area contributed by atoms with Gasteiger partial charge in [0.15, 0.2) is 0 Å². The van der Waals surface area contributed by atoms with E-state index in [0.717, 1.165) is 25.1 Å². The second-order valence-corrected chi connectivity index (χ2v) is 26.0. The maximum atomic E-state index is 4.07. The monoisotopic (exact) mass is 990 g/mol. The zero-order valence-electron chi connectivity index (χ0n) is 43.6. The quantitative estimate of drug-likeness (QED) is 0.158. The van der Waals surface area contributed by atoms with Gasteiger partial charge >= 0.3 is 0 Å². The molecule has 0 bridgehead atoms. The number of hydrogen-bond donors (Lipinski definition) is 1. The average molecular weight is 991 g/mol. The van der Waals surface area contributed by atoms with Crippen LogP contribution >= 0.6 is 22.7 Å². The molecule has 9 aromatic carbocycles. The lowest BCUT2D eigenvalue weighted by atomic mass is 9.63. The molecule has 1 N–H and O–H groups in total. The molecule has 0 radical (unpaired) electrons. The third-order valence-electron chi connectivity index (χ3n) is 16.7. The highest BCUT2D eigenvalue weighted by Gasteiger charge is 2.38. The van der Waals surface area contributed by atoms with Gasteiger partial charge in [0, 0.05) is 74.8 Å². The summed E-state index contributed by atoms with van der Waals surface area (Å²) in [4.78, 5) is 0. The number of aromatic nitrogens is 1. The highest BCUT2D eigenvalue weighted by Crippen LogP contribution is 2.53. The molecule has 0 atom stereocenters. The average Bonchev–Trinajstić information content (AvgIpc) is 4.11. The first kappa shape index (κ1) is 45.4. The van der Waals surface area contributed by atoms with Crippen LogP contribution in [0.3, 0.4) is 0 Å². The minimum absolute atomic E-state index is 0.0319. The number of fused-ring (bicyclic) bond motifs is 13. The standard InChI is InChI=1S/C69H59BN2S2/c1-67(2,3)43-24-27-45(28-25-43)71-58-39-57-51(46-29-23-40(34-56(46)69(57,7)8)33-50(41-17-11-9-12-18-41)42-19-13-10-14-20-42)36-52(58)48-30-31-49-53-38-62-54(47-21-15-16-22-60(47)73-62)37-59(53)72-64(49)63(48)70-66-65(72)55-35-44(68(4,5)6)26-32-61(55)74-66/h9-32,34-39,50,70-71H,33H2,1-8H3. The van der Waals surface area contributed by atoms with Gasteiger partial charge in [-0.25, -0.2) is 0 Å². The van der Waals surface area contributed by atoms with Crippen molar-refractivity contribution < 1.29 is 0 Å². The summed E-state index contributed by atoms with van der Waals surface area (Å²) in [6.45, 7) is 18.8. The van der Waals surface area contributed by atoms with Crippen LogP contribution in [0.1, 0.15) is 100 Å². The molecule has 1 aliphatic carbocycles. The third kappa shape index (κ3) is 7.10. The molecular formula is C69H59BN2S2. The van der Waals surface area contributed by atoms with Crippen LogP contribution in [0.4, 0.5) is 11.4 Å². The Morgan fingerprint density at radius 3 is 1.91 bits per heavy atom. The van der Waals surface area contributed by atoms with Crippen LogP contribution < -0.4 is 15.6 Å². The van der Waals surface area contributed by atoms with Crippen LogP contribution in [0.25, 0.3) is 80.0 Å². The summed E-state index contributed by atoms with van der Waals surface area (Å²) in [6.07, 6.45) is 0.930. The molecule has 2 aliphatic rings. The number of rotatable bonds is 7. The summed E-state index contributed by atoms with van der Waals surface area (Å²) in [7, 11) is 0.867. The highest BCUT2D eigenvalue weighted by molar-refractivity contribution is 7.29. The van der Waals surface area contributed by atoms with Crippen molar-refractivity contribution in [3.63, 3.8) is 0 Å². The SMILES string of the molecule is CC(C)(C)c1ccc(Nc2cc3c(cc2-c2ccc4c5cc6sc7ccccc7c6cc5n5c4c2Bc2sc4ccc(C(C)(C)C)cc4c2-5)-c2ccc(CC(c4ccccc4)c4ccccc4)cc2C3(C)C)cc1. The Morgan fingerprint density at radius 1 is 0.514 bits per heavy atom. The first-order valence-corrected chi connectivity index (χ1v) is 28.1. The molecule has 4 heterocycles. The minimum atomic E-state index is -0.222. The smallest absolute Gasteiger partial charge is 0.211 e. The summed E-state index contributed by atoms with van der Waals surface area (Å²) < 4.78 is 8.15. The summed E-state index contributed by atoms with van der Waals surface area (Å²) >= 11 is 3.89. The van der Waals surface area contributed by atoms with Gasteiger partial charge in [0.1, 0.15) is 0 Å². The van der Waals surface area contributed by atoms with Crippen LogP contribution in [-0.4, -0.2) is 11.8 Å². The molecule has 74 heavy (non-hydrogen) atoms. The lowest BCUT2D eigenvalue weighted by molar-refractivity contribution is 0.590. The van der Waals surface area contributed by atoms with Crippen LogP contribution in [0.5, 0.6) is 0 Å². The predicted molar refractivity (Wildman–Crippen MR) is 324 cm³/mol. The Kier molecular flexibility index (Phi) is 10.1. The fourth-order valence-corrected chi connectivity index (χ4v) is 15.0. The van der Waals surface area contributed by atoms with Gasteiger partial charge in [-0.3, -0.25) is 0 Å². The Labute approximate surface area is 443 Å². The van der Waals surface area contributed by atoms with E-state index in [2.05, 4.69) is 247 Å². The number of nitrogens with one attached hydrogen (secondary N) is 1. The van der Waals surface area contributed by atoms with E-state index in [0.29, 0.717) is 0 Å². The van der Waals surface area contributed by atoms with Gasteiger partial charge in [0.25, 0.3) is 0 Å². The third-order valence-corrected chi connectivity index (χ3v) is 19.0. The molecule has 360 valence electrons. The molecule has 5 heteroatoms. The molecule has 0 saturated heterocycles. The molecule has 2 nitrogen and oxygen atoms in total. The summed E-state index contributed by atoms with van der Waals surface area (Å²) in [5.74, 6) is 0.259. The van der Waals surface area contributed by atoms with E-state index in [-0.39, 0.29) is 22.2 Å². The van der Waals surface area contributed by atoms with Crippen LogP contribution in [0, 0.1) is 0 Å². The van der Waals surface area contributed by atoms with E-state index in [1.807, 2.05) is 22.7 Å². The van der Waals surface area contributed by atoms with Crippen LogP contribution in [0.2, 0.25) is 0 Å². The Bertz CT molecular complexity index is 4210. The van der Waals surface area contributed by atoms with Gasteiger partial charge in [-0.1, -0.05) is 183 Å². The number of anilines is 2. The van der Waals surface area contributed by atoms with E-state index in [1.54, 1.807) is 0 Å². The maximum absolute atomic E-state index is 4.07. The number of thiophene rings is 2. The zero-order chi connectivity index (χ0) is 50.4. The van der Waals surface area contributed by atoms with Crippen LogP contribution in [-0.2, 0) is 22.7 Å². The molecule has 0 unspecified atom stereocenters. The topological polar surface area (TPSA) is 17.0 Å². The number of hydrogen-bond acceptors (Lipinski definition) is 3. The molecule has 0 saturated carbocycles. The van der Waals surface area contributed by atoms with E-state index in [9.17, 15) is 0 Å². The van der Waals surface area contributed by atoms with Gasteiger partial charge in [-0.2, -0.15) is 0 Å². The van der Waals surface area contributed by atoms with Gasteiger partial charge < -0.3 is 9.88 Å². The van der Waals surface area contributed by atoms with E-state index < -0.39 is 0 Å². The molecule has 0 fully saturated rings. The van der Waals surface area contributed by atoms with Crippen molar-refractivity contribution in [2.45, 2.75) is 84.0 Å². The van der Waals surface area contributed by atoms with Crippen molar-refractivity contribution in [3.05, 3.63) is 221 Å². The fourth-order valence-electron chi connectivity index (χ4n) is 12.7. The van der Waals surface area contributed by atoms with Crippen molar-refractivity contribution in [1.29, 1.82) is 0 Å². The van der Waals surface area contributed by atoms with Crippen molar-refractivity contribution in [2.24, 2.45) is 0 Å². The number of benzene rings is 9. The van der Waals surface area contributed by atoms with Crippen molar-refractivity contribution in [1.82, 2.24) is 4.57 Å². The van der Waals surface area contributed by atoms with E-state index in [1.165, 1.54) is 129 Å². The van der Waals surface area contributed by atoms with Gasteiger partial charge in [-0.05, 0) is 138 Å². The second-order valence-electron chi connectivity index (χ2n) is 23.8. The van der Waals surface area contributed by atoms with Crippen molar-refractivity contribution in [3.8, 4) is 27.9 Å². The summed E-state index contributed by atoms with van der Waals surface area (Å²) in [5, 5.41) is 10.8. The molecular weight excluding hydrogens is 932 g/mol. The molecule has 0 amide bonds. The van der Waals surface area contributed by atoms with Gasteiger partial charge in [0.05, 0.1) is 11.2 Å². The van der Waals surface area contributed by atoms with Crippen LogP contribution in [0.15, 0.2) is 182 Å². The zero-order valence-corrected chi connectivity index (χ0v) is 45.2. The normalized spacial score (nSPS) is 13.8. The van der Waals surface area contributed by atoms with E-state index in [4.69, 9.17) is 0 Å². The molecule has 3 aromatic heterocycles. The molecule has 1 aliphatic heterocycles. The molecule has 14 rings (SSSR count). The summed E-state index contributed by atoms with van der Waals surface area (Å²) in [5.41, 5.74) is 22.2. The van der Waals surface area contributed by atoms with Crippen molar-refractivity contribution >= 4 is 104 Å². The fraction of sp³-hybridized carbons (Fsp3) is 0.188. The minimum Gasteiger partial charge on any atom is -0.355 e. The molecule has 0 spiro atoms.